The van der Waals surface area contributed by atoms with Crippen molar-refractivity contribution in [3.05, 3.63) is 112 Å². The second-order valence-electron chi connectivity index (χ2n) is 7.40. The highest BCUT2D eigenvalue weighted by atomic mass is 16.6. The Kier molecular flexibility index (Phi) is 5.86. The van der Waals surface area contributed by atoms with Gasteiger partial charge in [-0.3, -0.25) is 19.8 Å². The molecule has 7 heteroatoms. The van der Waals surface area contributed by atoms with E-state index in [1.54, 1.807) is 12.1 Å². The van der Waals surface area contributed by atoms with Gasteiger partial charge >= 0.3 is 0 Å². The summed E-state index contributed by atoms with van der Waals surface area (Å²) in [7, 11) is 0. The van der Waals surface area contributed by atoms with Crippen LogP contribution in [0.2, 0.25) is 0 Å². The third-order valence-electron chi connectivity index (χ3n) is 5.25. The zero-order valence-electron chi connectivity index (χ0n) is 17.1. The van der Waals surface area contributed by atoms with Gasteiger partial charge in [0.05, 0.1) is 17.2 Å². The van der Waals surface area contributed by atoms with E-state index in [9.17, 15) is 14.9 Å². The van der Waals surface area contributed by atoms with Crippen molar-refractivity contribution in [1.82, 2.24) is 9.91 Å². The number of benzene rings is 3. The molecular formula is C24H22N4O3. The average Bonchev–Trinajstić information content (AvgIpc) is 3.09. The molecular weight excluding hydrogens is 392 g/mol. The minimum absolute atomic E-state index is 0.0122. The van der Waals surface area contributed by atoms with E-state index in [-0.39, 0.29) is 18.1 Å². The Morgan fingerprint density at radius 2 is 1.61 bits per heavy atom. The van der Waals surface area contributed by atoms with Gasteiger partial charge in [0, 0.05) is 18.7 Å². The molecule has 0 saturated carbocycles. The first-order chi connectivity index (χ1) is 15.0. The Balaban J connectivity index is 1.71. The SMILES string of the molecule is C/C(=N/N1C(=O)CN(Cc2ccccc2)[C@@H]1c1ccc([N+](=O)[O-])cc1)c1ccccc1. The number of nitro groups is 1. The van der Waals surface area contributed by atoms with Crippen LogP contribution in [0, 0.1) is 10.1 Å². The van der Waals surface area contributed by atoms with E-state index in [2.05, 4.69) is 5.10 Å². The van der Waals surface area contributed by atoms with E-state index in [0.717, 1.165) is 22.4 Å². The molecule has 1 heterocycles. The number of hydrogen-bond donors (Lipinski definition) is 0. The monoisotopic (exact) mass is 414 g/mol. The van der Waals surface area contributed by atoms with Gasteiger partial charge in [0.25, 0.3) is 11.6 Å². The summed E-state index contributed by atoms with van der Waals surface area (Å²) in [6.45, 7) is 2.64. The molecule has 3 aromatic rings. The standard InChI is InChI=1S/C24H22N4O3/c1-18(20-10-6-3-7-11-20)25-27-23(29)17-26(16-19-8-4-2-5-9-19)24(27)21-12-14-22(15-13-21)28(30)31/h2-15,24H,16-17H2,1H3/b25-18-/t24-/m0/s1. The molecule has 1 saturated heterocycles. The molecule has 4 rings (SSSR count). The number of rotatable bonds is 6. The zero-order valence-corrected chi connectivity index (χ0v) is 17.1. The molecule has 3 aromatic carbocycles. The third-order valence-corrected chi connectivity index (χ3v) is 5.25. The summed E-state index contributed by atoms with van der Waals surface area (Å²) < 4.78 is 0. The summed E-state index contributed by atoms with van der Waals surface area (Å²) >= 11 is 0. The van der Waals surface area contributed by atoms with Crippen LogP contribution in [-0.4, -0.2) is 33.0 Å². The summed E-state index contributed by atoms with van der Waals surface area (Å²) in [6.07, 6.45) is -0.452. The highest BCUT2D eigenvalue weighted by molar-refractivity contribution is 5.99. The van der Waals surface area contributed by atoms with Crippen LogP contribution in [0.4, 0.5) is 5.69 Å². The van der Waals surface area contributed by atoms with Crippen molar-refractivity contribution >= 4 is 17.3 Å². The first-order valence-corrected chi connectivity index (χ1v) is 9.98. The Morgan fingerprint density at radius 3 is 2.23 bits per heavy atom. The molecule has 1 aliphatic heterocycles. The van der Waals surface area contributed by atoms with E-state index in [4.69, 9.17) is 0 Å². The second-order valence-corrected chi connectivity index (χ2v) is 7.40. The van der Waals surface area contributed by atoms with Crippen LogP contribution >= 0.6 is 0 Å². The molecule has 1 amide bonds. The van der Waals surface area contributed by atoms with Crippen molar-refractivity contribution in [3.63, 3.8) is 0 Å². The van der Waals surface area contributed by atoms with Crippen LogP contribution in [0.15, 0.2) is 90.0 Å². The molecule has 0 aliphatic carbocycles. The lowest BCUT2D eigenvalue weighted by atomic mass is 10.1. The molecule has 0 spiro atoms. The molecule has 0 bridgehead atoms. The zero-order chi connectivity index (χ0) is 21.8. The minimum Gasteiger partial charge on any atom is -0.271 e. The highest BCUT2D eigenvalue weighted by Crippen LogP contribution is 2.33. The molecule has 156 valence electrons. The maximum absolute atomic E-state index is 13.0. The van der Waals surface area contributed by atoms with Crippen molar-refractivity contribution in [2.24, 2.45) is 5.10 Å². The molecule has 1 fully saturated rings. The Labute approximate surface area is 180 Å². The van der Waals surface area contributed by atoms with Gasteiger partial charge < -0.3 is 0 Å². The first-order valence-electron chi connectivity index (χ1n) is 9.98. The van der Waals surface area contributed by atoms with E-state index >= 15 is 0 Å². The summed E-state index contributed by atoms with van der Waals surface area (Å²) in [5, 5.41) is 17.2. The maximum Gasteiger partial charge on any atom is 0.269 e. The average molecular weight is 414 g/mol. The number of carbonyl (C=O) groups excluding carboxylic acids is 1. The van der Waals surface area contributed by atoms with Crippen molar-refractivity contribution in [3.8, 4) is 0 Å². The van der Waals surface area contributed by atoms with Gasteiger partial charge in [0.15, 0.2) is 0 Å². The maximum atomic E-state index is 13.0. The van der Waals surface area contributed by atoms with E-state index in [0.29, 0.717) is 6.54 Å². The van der Waals surface area contributed by atoms with Gasteiger partial charge in [-0.2, -0.15) is 5.10 Å². The van der Waals surface area contributed by atoms with Crippen molar-refractivity contribution < 1.29 is 9.72 Å². The van der Waals surface area contributed by atoms with Crippen molar-refractivity contribution in [2.45, 2.75) is 19.6 Å². The van der Waals surface area contributed by atoms with Crippen LogP contribution < -0.4 is 0 Å². The van der Waals surface area contributed by atoms with E-state index in [1.807, 2.05) is 72.5 Å². The molecule has 0 N–H and O–H groups in total. The molecule has 31 heavy (non-hydrogen) atoms. The first kappa shape index (κ1) is 20.4. The summed E-state index contributed by atoms with van der Waals surface area (Å²) in [5.74, 6) is -0.116. The molecule has 0 radical (unpaired) electrons. The van der Waals surface area contributed by atoms with Crippen LogP contribution in [0.1, 0.15) is 29.8 Å². The smallest absolute Gasteiger partial charge is 0.269 e. The Morgan fingerprint density at radius 1 is 1.00 bits per heavy atom. The molecule has 1 aliphatic rings. The highest BCUT2D eigenvalue weighted by Gasteiger charge is 2.39. The van der Waals surface area contributed by atoms with Crippen LogP contribution in [0.25, 0.3) is 0 Å². The van der Waals surface area contributed by atoms with Gasteiger partial charge in [0.2, 0.25) is 0 Å². The topological polar surface area (TPSA) is 79.0 Å². The number of non-ortho nitro benzene ring substituents is 1. The van der Waals surface area contributed by atoms with Crippen molar-refractivity contribution in [2.75, 3.05) is 6.54 Å². The number of carbonyl (C=O) groups is 1. The van der Waals surface area contributed by atoms with Gasteiger partial charge in [-0.1, -0.05) is 60.7 Å². The predicted molar refractivity (Wildman–Crippen MR) is 118 cm³/mol. The number of amides is 1. The summed E-state index contributed by atoms with van der Waals surface area (Å²) in [6, 6.07) is 25.9. The summed E-state index contributed by atoms with van der Waals surface area (Å²) in [4.78, 5) is 25.6. The molecule has 0 aromatic heterocycles. The van der Waals surface area contributed by atoms with E-state index < -0.39 is 11.1 Å². The van der Waals surface area contributed by atoms with Crippen LogP contribution in [0.3, 0.4) is 0 Å². The van der Waals surface area contributed by atoms with Crippen molar-refractivity contribution in [1.29, 1.82) is 0 Å². The lowest BCUT2D eigenvalue weighted by molar-refractivity contribution is -0.384. The molecule has 0 unspecified atom stereocenters. The van der Waals surface area contributed by atoms with Gasteiger partial charge in [-0.05, 0) is 35.7 Å². The summed E-state index contributed by atoms with van der Waals surface area (Å²) in [5.41, 5.74) is 3.52. The normalized spacial score (nSPS) is 17.2. The Bertz CT molecular complexity index is 1100. The van der Waals surface area contributed by atoms with Gasteiger partial charge in [-0.25, -0.2) is 5.01 Å². The third kappa shape index (κ3) is 4.51. The molecule has 1 atom stereocenters. The van der Waals surface area contributed by atoms with Gasteiger partial charge in [-0.15, -0.1) is 0 Å². The van der Waals surface area contributed by atoms with Gasteiger partial charge in [0.1, 0.15) is 6.17 Å². The minimum atomic E-state index is -0.452. The largest absolute Gasteiger partial charge is 0.271 e. The quantitative estimate of drug-likeness (QED) is 0.341. The lowest BCUT2D eigenvalue weighted by Crippen LogP contribution is -2.29. The number of hydrazone groups is 1. The fourth-order valence-corrected chi connectivity index (χ4v) is 3.71. The Hall–Kier alpha value is -3.84. The number of nitro benzene ring substituents is 1. The fraction of sp³-hybridized carbons (Fsp3) is 0.167. The van der Waals surface area contributed by atoms with Crippen LogP contribution in [0.5, 0.6) is 0 Å². The lowest BCUT2D eigenvalue weighted by Gasteiger charge is -2.28. The van der Waals surface area contributed by atoms with E-state index in [1.165, 1.54) is 17.1 Å². The van der Waals surface area contributed by atoms with Crippen LogP contribution in [-0.2, 0) is 11.3 Å². The fourth-order valence-electron chi connectivity index (χ4n) is 3.71. The predicted octanol–water partition coefficient (Wildman–Crippen LogP) is 4.36. The number of hydrogen-bond acceptors (Lipinski definition) is 5. The molecule has 7 nitrogen and oxygen atoms in total. The number of nitrogens with zero attached hydrogens (tertiary/aromatic N) is 4. The second kappa shape index (κ2) is 8.89.